The standard InChI is InChI=1S/C23H28N2S/c1-26-22-5-3-2-4-21(22)19-6-7-20(24-14-19)15-25-23-11-16-8-17(12-23)10-18(9-16)13-23/h2-7,14,16-18,25H,8-13,15H2,1H3. The second kappa shape index (κ2) is 6.69. The van der Waals surface area contributed by atoms with E-state index >= 15 is 0 Å². The van der Waals surface area contributed by atoms with Gasteiger partial charge in [-0.15, -0.1) is 11.8 Å². The van der Waals surface area contributed by atoms with Crippen LogP contribution >= 0.6 is 11.8 Å². The number of nitrogens with one attached hydrogen (secondary N) is 1. The van der Waals surface area contributed by atoms with Gasteiger partial charge < -0.3 is 5.32 Å². The Kier molecular flexibility index (Phi) is 4.33. The molecule has 0 spiro atoms. The molecule has 4 aliphatic carbocycles. The molecule has 2 nitrogen and oxygen atoms in total. The first-order valence-corrected chi connectivity index (χ1v) is 11.3. The summed E-state index contributed by atoms with van der Waals surface area (Å²) in [6.07, 6.45) is 12.9. The number of rotatable bonds is 5. The summed E-state index contributed by atoms with van der Waals surface area (Å²) >= 11 is 1.80. The zero-order valence-corrected chi connectivity index (χ0v) is 16.4. The zero-order chi connectivity index (χ0) is 17.6. The molecule has 0 aliphatic heterocycles. The van der Waals surface area contributed by atoms with Gasteiger partial charge >= 0.3 is 0 Å². The summed E-state index contributed by atoms with van der Waals surface area (Å²) in [5.41, 5.74) is 4.09. The van der Waals surface area contributed by atoms with Crippen molar-refractivity contribution in [2.24, 2.45) is 17.8 Å². The Morgan fingerprint density at radius 3 is 2.31 bits per heavy atom. The van der Waals surface area contributed by atoms with Crippen molar-refractivity contribution in [2.75, 3.05) is 6.26 Å². The van der Waals surface area contributed by atoms with Gasteiger partial charge in [-0.3, -0.25) is 4.98 Å². The number of aromatic nitrogens is 1. The van der Waals surface area contributed by atoms with E-state index in [0.29, 0.717) is 5.54 Å². The summed E-state index contributed by atoms with van der Waals surface area (Å²) < 4.78 is 0. The lowest BCUT2D eigenvalue weighted by atomic mass is 9.53. The molecule has 3 heteroatoms. The van der Waals surface area contributed by atoms with E-state index in [1.54, 1.807) is 11.8 Å². The van der Waals surface area contributed by atoms with Crippen LogP contribution in [0.2, 0.25) is 0 Å². The number of hydrogen-bond donors (Lipinski definition) is 1. The smallest absolute Gasteiger partial charge is 0.0542 e. The van der Waals surface area contributed by atoms with Gasteiger partial charge in [0.1, 0.15) is 0 Å². The van der Waals surface area contributed by atoms with Crippen LogP contribution in [0.1, 0.15) is 44.2 Å². The maximum Gasteiger partial charge on any atom is 0.0542 e. The van der Waals surface area contributed by atoms with E-state index in [2.05, 4.69) is 48.0 Å². The molecule has 4 fully saturated rings. The van der Waals surface area contributed by atoms with Crippen molar-refractivity contribution in [2.45, 2.75) is 55.5 Å². The molecule has 0 atom stereocenters. The fourth-order valence-electron chi connectivity index (χ4n) is 6.18. The van der Waals surface area contributed by atoms with Crippen molar-refractivity contribution in [3.8, 4) is 11.1 Å². The minimum absolute atomic E-state index is 0.417. The zero-order valence-electron chi connectivity index (χ0n) is 15.6. The monoisotopic (exact) mass is 364 g/mol. The SMILES string of the molecule is CSc1ccccc1-c1ccc(CNC23CC4CC(CC(C4)C2)C3)nc1. The van der Waals surface area contributed by atoms with E-state index in [-0.39, 0.29) is 0 Å². The van der Waals surface area contributed by atoms with E-state index in [1.165, 1.54) is 60.2 Å². The average Bonchev–Trinajstić information content (AvgIpc) is 2.66. The predicted molar refractivity (Wildman–Crippen MR) is 109 cm³/mol. The molecule has 1 aromatic heterocycles. The molecule has 1 heterocycles. The van der Waals surface area contributed by atoms with Gasteiger partial charge in [-0.1, -0.05) is 24.3 Å². The van der Waals surface area contributed by atoms with Gasteiger partial charge in [0.2, 0.25) is 0 Å². The van der Waals surface area contributed by atoms with Crippen molar-refractivity contribution in [3.63, 3.8) is 0 Å². The minimum atomic E-state index is 0.417. The molecular formula is C23H28N2S. The first-order chi connectivity index (χ1) is 12.7. The topological polar surface area (TPSA) is 24.9 Å². The van der Waals surface area contributed by atoms with Crippen molar-refractivity contribution < 1.29 is 0 Å². The Bertz CT molecular complexity index is 748. The minimum Gasteiger partial charge on any atom is -0.306 e. The molecule has 0 amide bonds. The average molecular weight is 365 g/mol. The number of pyridine rings is 1. The third-order valence-corrected chi connectivity index (χ3v) is 7.72. The lowest BCUT2D eigenvalue weighted by molar-refractivity contribution is -0.0207. The van der Waals surface area contributed by atoms with Gasteiger partial charge in [-0.25, -0.2) is 0 Å². The molecule has 4 saturated carbocycles. The highest BCUT2D eigenvalue weighted by Gasteiger charge is 2.50. The van der Waals surface area contributed by atoms with E-state index in [0.717, 1.165) is 24.3 Å². The summed E-state index contributed by atoms with van der Waals surface area (Å²) in [5.74, 6) is 2.98. The predicted octanol–water partition coefficient (Wildman–Crippen LogP) is 5.53. The molecule has 0 saturated heterocycles. The molecule has 0 unspecified atom stereocenters. The van der Waals surface area contributed by atoms with Gasteiger partial charge in [0.15, 0.2) is 0 Å². The highest BCUT2D eigenvalue weighted by atomic mass is 32.2. The number of benzene rings is 1. The highest BCUT2D eigenvalue weighted by Crippen LogP contribution is 2.55. The molecule has 0 radical (unpaired) electrons. The summed E-state index contributed by atoms with van der Waals surface area (Å²) in [7, 11) is 0. The largest absolute Gasteiger partial charge is 0.306 e. The Morgan fingerprint density at radius 2 is 1.69 bits per heavy atom. The Labute approximate surface area is 161 Å². The van der Waals surface area contributed by atoms with Gasteiger partial charge in [0, 0.05) is 28.7 Å². The molecule has 6 rings (SSSR count). The van der Waals surface area contributed by atoms with Crippen molar-refractivity contribution in [1.82, 2.24) is 10.3 Å². The molecular weight excluding hydrogens is 336 g/mol. The molecule has 1 N–H and O–H groups in total. The third-order valence-electron chi connectivity index (χ3n) is 6.93. The quantitative estimate of drug-likeness (QED) is 0.706. The number of nitrogens with zero attached hydrogens (tertiary/aromatic N) is 1. The van der Waals surface area contributed by atoms with E-state index in [1.807, 2.05) is 6.20 Å². The molecule has 2 aromatic rings. The maximum absolute atomic E-state index is 4.78. The fraction of sp³-hybridized carbons (Fsp3) is 0.522. The molecule has 4 bridgehead atoms. The third kappa shape index (κ3) is 3.10. The van der Waals surface area contributed by atoms with Gasteiger partial charge in [-0.2, -0.15) is 0 Å². The van der Waals surface area contributed by atoms with Gasteiger partial charge in [0.25, 0.3) is 0 Å². The Balaban J connectivity index is 1.29. The highest BCUT2D eigenvalue weighted by molar-refractivity contribution is 7.98. The summed E-state index contributed by atoms with van der Waals surface area (Å²) in [4.78, 5) is 6.09. The summed E-state index contributed by atoms with van der Waals surface area (Å²) in [6.45, 7) is 0.913. The van der Waals surface area contributed by atoms with Crippen LogP contribution in [0.5, 0.6) is 0 Å². The van der Waals surface area contributed by atoms with Crippen LogP contribution in [0, 0.1) is 17.8 Å². The van der Waals surface area contributed by atoms with Crippen LogP contribution in [-0.4, -0.2) is 16.8 Å². The van der Waals surface area contributed by atoms with Crippen LogP contribution in [0.3, 0.4) is 0 Å². The molecule has 1 aromatic carbocycles. The van der Waals surface area contributed by atoms with E-state index in [9.17, 15) is 0 Å². The Morgan fingerprint density at radius 1 is 1.00 bits per heavy atom. The van der Waals surface area contributed by atoms with Crippen LogP contribution in [0.25, 0.3) is 11.1 Å². The van der Waals surface area contributed by atoms with Crippen LogP contribution in [0.4, 0.5) is 0 Å². The van der Waals surface area contributed by atoms with Crippen molar-refractivity contribution in [3.05, 3.63) is 48.3 Å². The lowest BCUT2D eigenvalue weighted by Gasteiger charge is -2.57. The first-order valence-electron chi connectivity index (χ1n) is 10.1. The second-order valence-corrected chi connectivity index (χ2v) is 9.64. The van der Waals surface area contributed by atoms with Gasteiger partial charge in [0.05, 0.1) is 5.69 Å². The van der Waals surface area contributed by atoms with Crippen LogP contribution in [-0.2, 0) is 6.54 Å². The second-order valence-electron chi connectivity index (χ2n) is 8.79. The molecule has 26 heavy (non-hydrogen) atoms. The van der Waals surface area contributed by atoms with E-state index in [4.69, 9.17) is 4.98 Å². The van der Waals surface area contributed by atoms with Crippen molar-refractivity contribution >= 4 is 11.8 Å². The lowest BCUT2D eigenvalue weighted by Crippen LogP contribution is -2.58. The van der Waals surface area contributed by atoms with Crippen molar-refractivity contribution in [1.29, 1.82) is 0 Å². The Hall–Kier alpha value is -1.32. The molecule has 136 valence electrons. The number of hydrogen-bond acceptors (Lipinski definition) is 3. The normalized spacial score (nSPS) is 32.1. The van der Waals surface area contributed by atoms with E-state index < -0.39 is 0 Å². The maximum atomic E-state index is 4.78. The fourth-order valence-corrected chi connectivity index (χ4v) is 6.80. The van der Waals surface area contributed by atoms with Gasteiger partial charge in [-0.05, 0) is 80.2 Å². The number of thioether (sulfide) groups is 1. The summed E-state index contributed by atoms with van der Waals surface area (Å²) in [6, 6.07) is 13.0. The van der Waals surface area contributed by atoms with Crippen LogP contribution in [0.15, 0.2) is 47.5 Å². The summed E-state index contributed by atoms with van der Waals surface area (Å²) in [5, 5.41) is 3.96. The van der Waals surface area contributed by atoms with Crippen LogP contribution < -0.4 is 5.32 Å². The molecule has 4 aliphatic rings. The first kappa shape index (κ1) is 16.8.